The molecule has 2 rings (SSSR count). The molecule has 0 saturated carbocycles. The molecule has 0 unspecified atom stereocenters. The minimum absolute atomic E-state index is 0.195. The SMILES string of the molecule is CCOC(=O)Nc1ccc(C(=O)Nc2ccc(C)cc2C)cc1. The maximum absolute atomic E-state index is 12.3. The van der Waals surface area contributed by atoms with Gasteiger partial charge < -0.3 is 10.1 Å². The van der Waals surface area contributed by atoms with Crippen molar-refractivity contribution in [3.05, 3.63) is 59.2 Å². The highest BCUT2D eigenvalue weighted by Crippen LogP contribution is 2.18. The number of ether oxygens (including phenoxy) is 1. The number of hydrogen-bond donors (Lipinski definition) is 2. The van der Waals surface area contributed by atoms with Crippen LogP contribution in [-0.4, -0.2) is 18.6 Å². The second-order valence-electron chi connectivity index (χ2n) is 5.20. The van der Waals surface area contributed by atoms with Gasteiger partial charge in [-0.2, -0.15) is 0 Å². The number of nitrogens with one attached hydrogen (secondary N) is 2. The molecule has 5 nitrogen and oxygen atoms in total. The predicted molar refractivity (Wildman–Crippen MR) is 91.0 cm³/mol. The molecule has 23 heavy (non-hydrogen) atoms. The molecule has 0 aliphatic heterocycles. The lowest BCUT2D eigenvalue weighted by Crippen LogP contribution is -2.14. The van der Waals surface area contributed by atoms with Gasteiger partial charge in [0.15, 0.2) is 0 Å². The van der Waals surface area contributed by atoms with Gasteiger partial charge in [-0.15, -0.1) is 0 Å². The summed E-state index contributed by atoms with van der Waals surface area (Å²) in [4.78, 5) is 23.6. The number of carbonyl (C=O) groups is 2. The third-order valence-electron chi connectivity index (χ3n) is 3.30. The molecule has 2 aromatic rings. The van der Waals surface area contributed by atoms with E-state index >= 15 is 0 Å². The van der Waals surface area contributed by atoms with Crippen molar-refractivity contribution in [3.8, 4) is 0 Å². The van der Waals surface area contributed by atoms with E-state index in [4.69, 9.17) is 4.74 Å². The number of carbonyl (C=O) groups excluding carboxylic acids is 2. The lowest BCUT2D eigenvalue weighted by molar-refractivity contribution is 0.102. The van der Waals surface area contributed by atoms with Crippen LogP contribution in [0.3, 0.4) is 0 Å². The first kappa shape index (κ1) is 16.5. The lowest BCUT2D eigenvalue weighted by atomic mass is 10.1. The first-order chi connectivity index (χ1) is 11.0. The molecule has 0 radical (unpaired) electrons. The number of aryl methyl sites for hydroxylation is 2. The van der Waals surface area contributed by atoms with E-state index in [1.54, 1.807) is 31.2 Å². The number of benzene rings is 2. The molecule has 2 amide bonds. The Balaban J connectivity index is 2.04. The first-order valence-corrected chi connectivity index (χ1v) is 7.42. The van der Waals surface area contributed by atoms with Gasteiger partial charge in [-0.25, -0.2) is 4.79 Å². The van der Waals surface area contributed by atoms with Gasteiger partial charge in [0, 0.05) is 16.9 Å². The van der Waals surface area contributed by atoms with Crippen molar-refractivity contribution in [2.24, 2.45) is 0 Å². The van der Waals surface area contributed by atoms with Crippen molar-refractivity contribution in [3.63, 3.8) is 0 Å². The third-order valence-corrected chi connectivity index (χ3v) is 3.30. The average Bonchev–Trinajstić information content (AvgIpc) is 2.51. The molecular weight excluding hydrogens is 292 g/mol. The van der Waals surface area contributed by atoms with E-state index in [0.29, 0.717) is 17.9 Å². The molecular formula is C18H20N2O3. The molecule has 0 aliphatic rings. The summed E-state index contributed by atoms with van der Waals surface area (Å²) in [5.74, 6) is -0.195. The smallest absolute Gasteiger partial charge is 0.411 e. The minimum atomic E-state index is -0.514. The van der Waals surface area contributed by atoms with E-state index in [-0.39, 0.29) is 5.91 Å². The quantitative estimate of drug-likeness (QED) is 0.892. The molecule has 0 aliphatic carbocycles. The summed E-state index contributed by atoms with van der Waals surface area (Å²) in [7, 11) is 0. The van der Waals surface area contributed by atoms with Crippen molar-refractivity contribution in [2.75, 3.05) is 17.2 Å². The Labute approximate surface area is 135 Å². The highest BCUT2D eigenvalue weighted by molar-refractivity contribution is 6.05. The number of amides is 2. The van der Waals surface area contributed by atoms with Gasteiger partial charge >= 0.3 is 6.09 Å². The van der Waals surface area contributed by atoms with Crippen molar-refractivity contribution >= 4 is 23.4 Å². The van der Waals surface area contributed by atoms with Gasteiger partial charge in [-0.1, -0.05) is 17.7 Å². The van der Waals surface area contributed by atoms with E-state index in [2.05, 4.69) is 10.6 Å². The molecule has 0 aromatic heterocycles. The van der Waals surface area contributed by atoms with Crippen LogP contribution in [0.15, 0.2) is 42.5 Å². The molecule has 0 spiro atoms. The number of anilines is 2. The van der Waals surface area contributed by atoms with Crippen molar-refractivity contribution in [1.82, 2.24) is 0 Å². The van der Waals surface area contributed by atoms with Gasteiger partial charge in [-0.05, 0) is 56.7 Å². The van der Waals surface area contributed by atoms with Gasteiger partial charge in [0.1, 0.15) is 0 Å². The highest BCUT2D eigenvalue weighted by Gasteiger charge is 2.08. The third kappa shape index (κ3) is 4.57. The summed E-state index contributed by atoms with van der Waals surface area (Å²) in [6.45, 7) is 6.01. The normalized spacial score (nSPS) is 10.0. The molecule has 0 fully saturated rings. The Morgan fingerprint density at radius 3 is 2.30 bits per heavy atom. The Morgan fingerprint density at radius 1 is 1.00 bits per heavy atom. The zero-order valence-corrected chi connectivity index (χ0v) is 13.5. The second kappa shape index (κ2) is 7.45. The standard InChI is InChI=1S/C18H20N2O3/c1-4-23-18(22)19-15-8-6-14(7-9-15)17(21)20-16-10-5-12(2)11-13(16)3/h5-11H,4H2,1-3H3,(H,19,22)(H,20,21). The summed E-state index contributed by atoms with van der Waals surface area (Å²) in [6.07, 6.45) is -0.514. The Bertz CT molecular complexity index is 709. The molecule has 120 valence electrons. The van der Waals surface area contributed by atoms with Crippen LogP contribution in [0.4, 0.5) is 16.2 Å². The highest BCUT2D eigenvalue weighted by atomic mass is 16.5. The van der Waals surface area contributed by atoms with Gasteiger partial charge in [0.25, 0.3) is 5.91 Å². The average molecular weight is 312 g/mol. The van der Waals surface area contributed by atoms with E-state index in [1.165, 1.54) is 0 Å². The van der Waals surface area contributed by atoms with E-state index in [0.717, 1.165) is 16.8 Å². The molecule has 0 saturated heterocycles. The molecule has 5 heteroatoms. The monoisotopic (exact) mass is 312 g/mol. The topological polar surface area (TPSA) is 67.4 Å². The first-order valence-electron chi connectivity index (χ1n) is 7.42. The predicted octanol–water partition coefficient (Wildman–Crippen LogP) is 4.12. The zero-order chi connectivity index (χ0) is 16.8. The maximum atomic E-state index is 12.3. The summed E-state index contributed by atoms with van der Waals surface area (Å²) in [5, 5.41) is 5.46. The lowest BCUT2D eigenvalue weighted by Gasteiger charge is -2.10. The van der Waals surface area contributed by atoms with Crippen LogP contribution in [0.5, 0.6) is 0 Å². The molecule has 0 heterocycles. The van der Waals surface area contributed by atoms with Crippen molar-refractivity contribution in [1.29, 1.82) is 0 Å². The van der Waals surface area contributed by atoms with Crippen LogP contribution in [0, 0.1) is 13.8 Å². The fraction of sp³-hybridized carbons (Fsp3) is 0.222. The molecule has 2 N–H and O–H groups in total. The largest absolute Gasteiger partial charge is 0.450 e. The van der Waals surface area contributed by atoms with Crippen LogP contribution in [0.1, 0.15) is 28.4 Å². The van der Waals surface area contributed by atoms with Crippen LogP contribution >= 0.6 is 0 Å². The van der Waals surface area contributed by atoms with Crippen LogP contribution in [0.2, 0.25) is 0 Å². The van der Waals surface area contributed by atoms with E-state index < -0.39 is 6.09 Å². The van der Waals surface area contributed by atoms with E-state index in [9.17, 15) is 9.59 Å². The second-order valence-corrected chi connectivity index (χ2v) is 5.20. The number of hydrogen-bond acceptors (Lipinski definition) is 3. The number of rotatable bonds is 4. The molecule has 0 atom stereocenters. The Hall–Kier alpha value is -2.82. The fourth-order valence-electron chi connectivity index (χ4n) is 2.14. The Kier molecular flexibility index (Phi) is 5.36. The van der Waals surface area contributed by atoms with E-state index in [1.807, 2.05) is 32.0 Å². The van der Waals surface area contributed by atoms with Crippen molar-refractivity contribution < 1.29 is 14.3 Å². The summed E-state index contributed by atoms with van der Waals surface area (Å²) >= 11 is 0. The van der Waals surface area contributed by atoms with Crippen molar-refractivity contribution in [2.45, 2.75) is 20.8 Å². The summed E-state index contributed by atoms with van der Waals surface area (Å²) < 4.78 is 4.80. The van der Waals surface area contributed by atoms with Crippen LogP contribution in [0.25, 0.3) is 0 Å². The summed E-state index contributed by atoms with van der Waals surface area (Å²) in [6, 6.07) is 12.5. The van der Waals surface area contributed by atoms with Gasteiger partial charge in [-0.3, -0.25) is 10.1 Å². The minimum Gasteiger partial charge on any atom is -0.450 e. The zero-order valence-electron chi connectivity index (χ0n) is 13.5. The van der Waals surface area contributed by atoms with Gasteiger partial charge in [0.2, 0.25) is 0 Å². The summed E-state index contributed by atoms with van der Waals surface area (Å²) in [5.41, 5.74) is 4.04. The molecule has 0 bridgehead atoms. The van der Waals surface area contributed by atoms with Crippen LogP contribution in [-0.2, 0) is 4.74 Å². The Morgan fingerprint density at radius 2 is 1.70 bits per heavy atom. The van der Waals surface area contributed by atoms with Gasteiger partial charge in [0.05, 0.1) is 6.61 Å². The van der Waals surface area contributed by atoms with Crippen LogP contribution < -0.4 is 10.6 Å². The maximum Gasteiger partial charge on any atom is 0.411 e. The molecule has 2 aromatic carbocycles. The fourth-order valence-corrected chi connectivity index (χ4v) is 2.14.